The zero-order valence-corrected chi connectivity index (χ0v) is 12.4. The van der Waals surface area contributed by atoms with Crippen LogP contribution in [0.4, 0.5) is 0 Å². The second-order valence-corrected chi connectivity index (χ2v) is 6.42. The standard InChI is InChI=1S/C18H22NO/c1-12(18(2,3)4)16(17(19)20)15-11-7-9-13-8-5-6-10-14(13)15/h5-12,16H,1H2,2-4H3,(H2,19,20). The third kappa shape index (κ3) is 2.69. The van der Waals surface area contributed by atoms with Crippen LogP contribution in [-0.4, -0.2) is 5.91 Å². The molecule has 20 heavy (non-hydrogen) atoms. The van der Waals surface area contributed by atoms with Crippen molar-refractivity contribution in [3.8, 4) is 0 Å². The summed E-state index contributed by atoms with van der Waals surface area (Å²) >= 11 is 0. The Balaban J connectivity index is 2.61. The lowest BCUT2D eigenvalue weighted by molar-refractivity contribution is -0.121. The normalized spacial score (nSPS) is 15.0. The van der Waals surface area contributed by atoms with E-state index in [2.05, 4.69) is 27.7 Å². The van der Waals surface area contributed by atoms with Gasteiger partial charge in [0.1, 0.15) is 0 Å². The number of rotatable bonds is 3. The van der Waals surface area contributed by atoms with E-state index in [0.717, 1.165) is 16.3 Å². The molecule has 1 radical (unpaired) electrons. The minimum absolute atomic E-state index is 0.0780. The largest absolute Gasteiger partial charge is 0.369 e. The van der Waals surface area contributed by atoms with Crippen molar-refractivity contribution in [3.63, 3.8) is 0 Å². The van der Waals surface area contributed by atoms with E-state index in [1.54, 1.807) is 0 Å². The molecule has 2 aromatic rings. The highest BCUT2D eigenvalue weighted by molar-refractivity contribution is 5.92. The van der Waals surface area contributed by atoms with Gasteiger partial charge in [-0.1, -0.05) is 63.2 Å². The molecule has 0 heterocycles. The number of carbonyl (C=O) groups is 1. The zero-order chi connectivity index (χ0) is 14.9. The third-order valence-electron chi connectivity index (χ3n) is 3.98. The minimum atomic E-state index is -0.374. The molecule has 0 saturated heterocycles. The predicted molar refractivity (Wildman–Crippen MR) is 84.2 cm³/mol. The lowest BCUT2D eigenvalue weighted by Gasteiger charge is -2.33. The number of nitrogens with two attached hydrogens (primary N) is 1. The van der Waals surface area contributed by atoms with Gasteiger partial charge in [0.25, 0.3) is 0 Å². The Morgan fingerprint density at radius 2 is 1.70 bits per heavy atom. The number of hydrogen-bond donors (Lipinski definition) is 1. The molecule has 0 saturated carbocycles. The van der Waals surface area contributed by atoms with Gasteiger partial charge < -0.3 is 5.73 Å². The molecule has 2 heteroatoms. The molecule has 2 aromatic carbocycles. The fraction of sp³-hybridized carbons (Fsp3) is 0.333. The Kier molecular flexibility index (Phi) is 3.85. The maximum atomic E-state index is 12.0. The Morgan fingerprint density at radius 1 is 1.10 bits per heavy atom. The molecule has 2 nitrogen and oxygen atoms in total. The average Bonchev–Trinajstić information content (AvgIpc) is 2.37. The van der Waals surface area contributed by atoms with Gasteiger partial charge in [0.05, 0.1) is 5.92 Å². The van der Waals surface area contributed by atoms with Crippen LogP contribution in [0.15, 0.2) is 42.5 Å². The van der Waals surface area contributed by atoms with Crippen LogP contribution in [0.2, 0.25) is 0 Å². The molecule has 0 aromatic heterocycles. The summed E-state index contributed by atoms with van der Waals surface area (Å²) < 4.78 is 0. The van der Waals surface area contributed by atoms with Crippen molar-refractivity contribution in [3.05, 3.63) is 55.0 Å². The van der Waals surface area contributed by atoms with Crippen LogP contribution >= 0.6 is 0 Å². The lowest BCUT2D eigenvalue weighted by Crippen LogP contribution is -2.33. The summed E-state index contributed by atoms with van der Waals surface area (Å²) in [6.45, 7) is 10.5. The van der Waals surface area contributed by atoms with Gasteiger partial charge in [0, 0.05) is 0 Å². The van der Waals surface area contributed by atoms with Crippen LogP contribution in [0.3, 0.4) is 0 Å². The van der Waals surface area contributed by atoms with Crippen molar-refractivity contribution < 1.29 is 4.79 Å². The van der Waals surface area contributed by atoms with E-state index in [1.165, 1.54) is 0 Å². The fourth-order valence-electron chi connectivity index (χ4n) is 2.59. The van der Waals surface area contributed by atoms with Crippen LogP contribution in [0.1, 0.15) is 32.3 Å². The minimum Gasteiger partial charge on any atom is -0.369 e. The van der Waals surface area contributed by atoms with Gasteiger partial charge >= 0.3 is 0 Å². The first-order valence-electron chi connectivity index (χ1n) is 6.92. The van der Waals surface area contributed by atoms with Gasteiger partial charge in [-0.3, -0.25) is 4.79 Å². The second kappa shape index (κ2) is 5.28. The molecule has 0 bridgehead atoms. The molecule has 2 atom stereocenters. The molecule has 0 aliphatic carbocycles. The van der Waals surface area contributed by atoms with E-state index in [9.17, 15) is 4.79 Å². The van der Waals surface area contributed by atoms with Crippen LogP contribution in [0, 0.1) is 18.3 Å². The maximum absolute atomic E-state index is 12.0. The number of benzene rings is 2. The van der Waals surface area contributed by atoms with Crippen molar-refractivity contribution in [2.75, 3.05) is 0 Å². The van der Waals surface area contributed by atoms with E-state index < -0.39 is 0 Å². The molecule has 105 valence electrons. The summed E-state index contributed by atoms with van der Waals surface area (Å²) in [5.74, 6) is -0.761. The first kappa shape index (κ1) is 14.6. The number of hydrogen-bond acceptors (Lipinski definition) is 1. The van der Waals surface area contributed by atoms with Crippen LogP contribution < -0.4 is 5.73 Å². The number of fused-ring (bicyclic) bond motifs is 1. The quantitative estimate of drug-likeness (QED) is 0.901. The Hall–Kier alpha value is -1.83. The number of primary amides is 1. The highest BCUT2D eigenvalue weighted by Gasteiger charge is 2.33. The highest BCUT2D eigenvalue weighted by atomic mass is 16.1. The first-order valence-corrected chi connectivity index (χ1v) is 6.92. The second-order valence-electron chi connectivity index (χ2n) is 6.42. The molecule has 2 rings (SSSR count). The van der Waals surface area contributed by atoms with E-state index in [1.807, 2.05) is 42.5 Å². The smallest absolute Gasteiger partial charge is 0.225 e. The Bertz CT molecular complexity index is 619. The summed E-state index contributed by atoms with van der Waals surface area (Å²) in [5, 5.41) is 2.20. The highest BCUT2D eigenvalue weighted by Crippen LogP contribution is 2.39. The number of carbonyl (C=O) groups excluding carboxylic acids is 1. The zero-order valence-electron chi connectivity index (χ0n) is 12.4. The van der Waals surface area contributed by atoms with E-state index >= 15 is 0 Å². The topological polar surface area (TPSA) is 43.1 Å². The monoisotopic (exact) mass is 268 g/mol. The van der Waals surface area contributed by atoms with Crippen molar-refractivity contribution in [2.45, 2.75) is 26.7 Å². The van der Waals surface area contributed by atoms with E-state index in [0.29, 0.717) is 0 Å². The first-order chi connectivity index (χ1) is 9.32. The van der Waals surface area contributed by atoms with E-state index in [4.69, 9.17) is 5.73 Å². The molecular weight excluding hydrogens is 246 g/mol. The molecule has 2 N–H and O–H groups in total. The van der Waals surface area contributed by atoms with Gasteiger partial charge in [-0.05, 0) is 34.6 Å². The van der Waals surface area contributed by atoms with Crippen LogP contribution in [-0.2, 0) is 4.79 Å². The van der Waals surface area contributed by atoms with Crippen LogP contribution in [0.5, 0.6) is 0 Å². The number of amides is 1. The average molecular weight is 268 g/mol. The Morgan fingerprint density at radius 3 is 2.30 bits per heavy atom. The van der Waals surface area contributed by atoms with Gasteiger partial charge in [-0.15, -0.1) is 0 Å². The van der Waals surface area contributed by atoms with E-state index in [-0.39, 0.29) is 23.2 Å². The van der Waals surface area contributed by atoms with Gasteiger partial charge in [0.2, 0.25) is 5.91 Å². The molecule has 0 fully saturated rings. The SMILES string of the molecule is [CH2]C(C(C(N)=O)c1cccc2ccccc12)C(C)(C)C. The van der Waals surface area contributed by atoms with Crippen LogP contribution in [0.25, 0.3) is 10.8 Å². The van der Waals surface area contributed by atoms with Crippen molar-refractivity contribution in [1.82, 2.24) is 0 Å². The lowest BCUT2D eigenvalue weighted by atomic mass is 9.71. The summed E-state index contributed by atoms with van der Waals surface area (Å²) in [6, 6.07) is 14.1. The fourth-order valence-corrected chi connectivity index (χ4v) is 2.59. The molecule has 0 aliphatic rings. The molecule has 2 unspecified atom stereocenters. The van der Waals surface area contributed by atoms with Gasteiger partial charge in [-0.25, -0.2) is 0 Å². The third-order valence-corrected chi connectivity index (χ3v) is 3.98. The molecule has 0 spiro atoms. The summed E-state index contributed by atoms with van der Waals surface area (Å²) in [4.78, 5) is 12.0. The molecule has 1 amide bonds. The summed E-state index contributed by atoms with van der Waals surface area (Å²) in [5.41, 5.74) is 6.57. The predicted octanol–water partition coefficient (Wildman–Crippen LogP) is 3.91. The summed E-state index contributed by atoms with van der Waals surface area (Å²) in [7, 11) is 0. The van der Waals surface area contributed by atoms with Crippen molar-refractivity contribution in [2.24, 2.45) is 17.1 Å². The van der Waals surface area contributed by atoms with Gasteiger partial charge in [-0.2, -0.15) is 0 Å². The van der Waals surface area contributed by atoms with Crippen molar-refractivity contribution >= 4 is 16.7 Å². The molecular formula is C18H22NO. The maximum Gasteiger partial charge on any atom is 0.225 e. The van der Waals surface area contributed by atoms with Gasteiger partial charge in [0.15, 0.2) is 0 Å². The Labute approximate surface area is 121 Å². The molecule has 0 aliphatic heterocycles. The van der Waals surface area contributed by atoms with Crippen molar-refractivity contribution in [1.29, 1.82) is 0 Å². The summed E-state index contributed by atoms with van der Waals surface area (Å²) in [6.07, 6.45) is 0.